The van der Waals surface area contributed by atoms with Crippen LogP contribution in [0.15, 0.2) is 58.0 Å². The monoisotopic (exact) mass is 419 g/mol. The van der Waals surface area contributed by atoms with E-state index in [4.69, 9.17) is 0 Å². The van der Waals surface area contributed by atoms with Crippen molar-refractivity contribution in [1.82, 2.24) is 4.57 Å². The lowest BCUT2D eigenvalue weighted by atomic mass is 10.1. The summed E-state index contributed by atoms with van der Waals surface area (Å²) < 4.78 is 26.5. The number of carbonyl (C=O) groups is 2. The first kappa shape index (κ1) is 17.6. The van der Waals surface area contributed by atoms with Gasteiger partial charge in [0.25, 0.3) is 0 Å². The van der Waals surface area contributed by atoms with Gasteiger partial charge in [-0.3, -0.25) is 9.59 Å². The molecule has 5 nitrogen and oxygen atoms in total. The van der Waals surface area contributed by atoms with Crippen LogP contribution in [0, 0.1) is 0 Å². The molecule has 1 aromatic heterocycles. The molecule has 0 bridgehead atoms. The van der Waals surface area contributed by atoms with E-state index in [9.17, 15) is 18.0 Å². The Morgan fingerprint density at radius 1 is 1.20 bits per heavy atom. The van der Waals surface area contributed by atoms with E-state index in [-0.39, 0.29) is 23.4 Å². The SMILES string of the molecule is CS(=O)(=O)c1cc(Br)ccc1Cn1cc2ccccc2c1C(=O)C=O. The maximum absolute atomic E-state index is 12.1. The summed E-state index contributed by atoms with van der Waals surface area (Å²) in [6.45, 7) is 0.166. The molecule has 0 amide bonds. The van der Waals surface area contributed by atoms with Crippen LogP contribution >= 0.6 is 15.9 Å². The maximum Gasteiger partial charge on any atom is 0.242 e. The number of Topliss-reactive ketones (excluding diaryl/α,β-unsaturated/α-hetero) is 1. The van der Waals surface area contributed by atoms with Crippen molar-refractivity contribution in [3.63, 3.8) is 0 Å². The molecule has 0 aliphatic carbocycles. The Morgan fingerprint density at radius 2 is 1.92 bits per heavy atom. The Balaban J connectivity index is 2.20. The van der Waals surface area contributed by atoms with Crippen molar-refractivity contribution in [2.75, 3.05) is 6.26 Å². The van der Waals surface area contributed by atoms with Gasteiger partial charge in [0.1, 0.15) is 5.69 Å². The Bertz CT molecular complexity index is 1100. The number of sulfone groups is 1. The zero-order valence-electron chi connectivity index (χ0n) is 13.3. The number of hydrogen-bond donors (Lipinski definition) is 0. The number of aromatic nitrogens is 1. The van der Waals surface area contributed by atoms with E-state index >= 15 is 0 Å². The Morgan fingerprint density at radius 3 is 2.60 bits per heavy atom. The second-order valence-electron chi connectivity index (χ2n) is 5.70. The zero-order valence-corrected chi connectivity index (χ0v) is 15.7. The highest BCUT2D eigenvalue weighted by molar-refractivity contribution is 9.10. The lowest BCUT2D eigenvalue weighted by molar-refractivity contribution is -0.104. The van der Waals surface area contributed by atoms with Gasteiger partial charge >= 0.3 is 0 Å². The van der Waals surface area contributed by atoms with Crippen LogP contribution in [0.4, 0.5) is 0 Å². The molecule has 0 spiro atoms. The number of ketones is 1. The van der Waals surface area contributed by atoms with Gasteiger partial charge < -0.3 is 4.57 Å². The van der Waals surface area contributed by atoms with Crippen molar-refractivity contribution in [3.05, 3.63) is 64.4 Å². The third kappa shape index (κ3) is 3.43. The number of nitrogens with zero attached hydrogens (tertiary/aromatic N) is 1. The number of benzene rings is 2. The Hall–Kier alpha value is -2.25. The summed E-state index contributed by atoms with van der Waals surface area (Å²) in [6, 6.07) is 12.2. The van der Waals surface area contributed by atoms with Crippen LogP contribution in [0.5, 0.6) is 0 Å². The summed E-state index contributed by atoms with van der Waals surface area (Å²) in [5.41, 5.74) is 0.805. The van der Waals surface area contributed by atoms with Crippen molar-refractivity contribution < 1.29 is 18.0 Å². The first-order valence-corrected chi connectivity index (χ1v) is 10.1. The summed E-state index contributed by atoms with van der Waals surface area (Å²) in [4.78, 5) is 23.4. The van der Waals surface area contributed by atoms with Gasteiger partial charge in [-0.05, 0) is 17.7 Å². The minimum absolute atomic E-state index is 0.166. The lowest BCUT2D eigenvalue weighted by Gasteiger charge is -2.11. The van der Waals surface area contributed by atoms with Gasteiger partial charge in [-0.25, -0.2) is 8.42 Å². The van der Waals surface area contributed by atoms with Crippen molar-refractivity contribution in [1.29, 1.82) is 0 Å². The van der Waals surface area contributed by atoms with E-state index in [0.29, 0.717) is 15.4 Å². The topological polar surface area (TPSA) is 73.2 Å². The van der Waals surface area contributed by atoms with Gasteiger partial charge in [0.05, 0.1) is 4.90 Å². The van der Waals surface area contributed by atoms with Crippen LogP contribution < -0.4 is 0 Å². The average Bonchev–Trinajstić information content (AvgIpc) is 2.92. The third-order valence-corrected chi connectivity index (χ3v) is 5.58. The fourth-order valence-electron chi connectivity index (χ4n) is 2.85. The standard InChI is InChI=1S/C18H14BrNO4S/c1-25(23,24)17-8-14(19)7-6-13(17)10-20-9-12-4-2-3-5-15(12)18(20)16(22)11-21/h2-9,11H,10H2,1H3. The van der Waals surface area contributed by atoms with Gasteiger partial charge in [0.15, 0.2) is 16.1 Å². The molecule has 0 aliphatic rings. The second-order valence-corrected chi connectivity index (χ2v) is 8.60. The van der Waals surface area contributed by atoms with Crippen LogP contribution in [0.3, 0.4) is 0 Å². The molecule has 7 heteroatoms. The molecule has 128 valence electrons. The van der Waals surface area contributed by atoms with Gasteiger partial charge in [0, 0.05) is 34.2 Å². The van der Waals surface area contributed by atoms with Crippen molar-refractivity contribution in [2.45, 2.75) is 11.4 Å². The minimum atomic E-state index is -3.44. The van der Waals surface area contributed by atoms with Gasteiger partial charge in [-0.2, -0.15) is 0 Å². The Labute approximate surface area is 153 Å². The largest absolute Gasteiger partial charge is 0.339 e. The first-order valence-electron chi connectivity index (χ1n) is 7.37. The zero-order chi connectivity index (χ0) is 18.2. The predicted molar refractivity (Wildman–Crippen MR) is 98.7 cm³/mol. The van der Waals surface area contributed by atoms with Crippen LogP contribution in [0.25, 0.3) is 10.8 Å². The molecular weight excluding hydrogens is 406 g/mol. The van der Waals surface area contributed by atoms with Gasteiger partial charge in [0.2, 0.25) is 5.78 Å². The Kier molecular flexibility index (Phi) is 4.62. The highest BCUT2D eigenvalue weighted by atomic mass is 79.9. The molecule has 3 aromatic rings. The van der Waals surface area contributed by atoms with E-state index in [1.165, 1.54) is 6.07 Å². The summed E-state index contributed by atoms with van der Waals surface area (Å²) in [5.74, 6) is -0.640. The first-order chi connectivity index (χ1) is 11.8. The van der Waals surface area contributed by atoms with Crippen LogP contribution in [0.1, 0.15) is 16.1 Å². The quantitative estimate of drug-likeness (QED) is 0.361. The molecule has 0 fully saturated rings. The maximum atomic E-state index is 12.1. The van der Waals surface area contributed by atoms with Gasteiger partial charge in [-0.1, -0.05) is 46.3 Å². The molecule has 3 rings (SSSR count). The summed E-state index contributed by atoms with van der Waals surface area (Å²) in [6.07, 6.45) is 3.17. The molecule has 2 aromatic carbocycles. The molecule has 0 radical (unpaired) electrons. The molecule has 0 N–H and O–H groups in total. The minimum Gasteiger partial charge on any atom is -0.339 e. The van der Waals surface area contributed by atoms with E-state index in [2.05, 4.69) is 15.9 Å². The predicted octanol–water partition coefficient (Wildman–Crippen LogP) is 3.24. The fourth-order valence-corrected chi connectivity index (χ4v) is 4.32. The molecule has 0 saturated heterocycles. The molecule has 25 heavy (non-hydrogen) atoms. The molecule has 1 heterocycles. The highest BCUT2D eigenvalue weighted by Crippen LogP contribution is 2.26. The van der Waals surface area contributed by atoms with Crippen molar-refractivity contribution in [3.8, 4) is 0 Å². The molecule has 0 atom stereocenters. The summed E-state index contributed by atoms with van der Waals surface area (Å²) >= 11 is 3.28. The molecular formula is C18H14BrNO4S. The van der Waals surface area contributed by atoms with E-state index in [1.807, 2.05) is 12.1 Å². The van der Waals surface area contributed by atoms with Crippen LogP contribution in [0.2, 0.25) is 0 Å². The summed E-state index contributed by atoms with van der Waals surface area (Å²) in [5, 5.41) is 1.48. The number of carbonyl (C=O) groups excluding carboxylic acids is 2. The number of fused-ring (bicyclic) bond motifs is 1. The highest BCUT2D eigenvalue weighted by Gasteiger charge is 2.19. The van der Waals surface area contributed by atoms with E-state index in [1.54, 1.807) is 35.0 Å². The van der Waals surface area contributed by atoms with Gasteiger partial charge in [-0.15, -0.1) is 0 Å². The average molecular weight is 420 g/mol. The summed E-state index contributed by atoms with van der Waals surface area (Å²) in [7, 11) is -3.44. The van der Waals surface area contributed by atoms with Crippen LogP contribution in [-0.4, -0.2) is 31.3 Å². The van der Waals surface area contributed by atoms with Crippen LogP contribution in [-0.2, 0) is 21.2 Å². The molecule has 0 saturated carbocycles. The molecule has 0 aliphatic heterocycles. The number of rotatable bonds is 5. The molecule has 0 unspecified atom stereocenters. The van der Waals surface area contributed by atoms with E-state index in [0.717, 1.165) is 11.6 Å². The normalized spacial score (nSPS) is 11.6. The number of halogens is 1. The van der Waals surface area contributed by atoms with Crippen molar-refractivity contribution in [2.24, 2.45) is 0 Å². The third-order valence-electron chi connectivity index (χ3n) is 3.91. The number of aldehydes is 1. The number of hydrogen-bond acceptors (Lipinski definition) is 4. The van der Waals surface area contributed by atoms with Crippen molar-refractivity contribution >= 4 is 48.6 Å². The smallest absolute Gasteiger partial charge is 0.242 e. The second kappa shape index (κ2) is 6.57. The van der Waals surface area contributed by atoms with E-state index < -0.39 is 15.6 Å². The lowest BCUT2D eigenvalue weighted by Crippen LogP contribution is -2.12. The fraction of sp³-hybridized carbons (Fsp3) is 0.111.